The second-order valence-electron chi connectivity index (χ2n) is 5.91. The predicted molar refractivity (Wildman–Crippen MR) is 68.0 cm³/mol. The molecule has 18 heavy (non-hydrogen) atoms. The van der Waals surface area contributed by atoms with E-state index in [0.29, 0.717) is 11.3 Å². The van der Waals surface area contributed by atoms with E-state index in [1.807, 2.05) is 27.7 Å². The van der Waals surface area contributed by atoms with Crippen molar-refractivity contribution in [2.24, 2.45) is 5.41 Å². The molecule has 0 amide bonds. The van der Waals surface area contributed by atoms with Crippen LogP contribution < -0.4 is 0 Å². The molecule has 97 valence electrons. The molecule has 1 atom stereocenters. The van der Waals surface area contributed by atoms with Crippen molar-refractivity contribution in [3.05, 3.63) is 46.6 Å². The molecule has 0 bridgehead atoms. The second kappa shape index (κ2) is 3.87. The lowest BCUT2D eigenvalue weighted by Gasteiger charge is -2.26. The first-order valence-electron chi connectivity index (χ1n) is 6.01. The SMILES string of the molecule is CC1(C)C(O)C(=C2C=C[C](O)C=C2)[N+](=O)C1(C)C. The molecule has 0 spiro atoms. The fraction of sp³-hybridized carbons (Fsp3) is 0.500. The van der Waals surface area contributed by atoms with Gasteiger partial charge in [-0.3, -0.25) is 0 Å². The van der Waals surface area contributed by atoms with Crippen LogP contribution in [-0.2, 0) is 0 Å². The smallest absolute Gasteiger partial charge is 0.269 e. The Bertz CT molecular complexity index is 467. The highest BCUT2D eigenvalue weighted by Gasteiger charge is 2.65. The minimum atomic E-state index is -0.824. The van der Waals surface area contributed by atoms with Crippen LogP contribution in [-0.4, -0.2) is 26.6 Å². The van der Waals surface area contributed by atoms with Crippen LogP contribution in [0.25, 0.3) is 0 Å². The van der Waals surface area contributed by atoms with Crippen LogP contribution in [0.5, 0.6) is 0 Å². The zero-order valence-electron chi connectivity index (χ0n) is 11.1. The van der Waals surface area contributed by atoms with Crippen LogP contribution in [0.2, 0.25) is 0 Å². The van der Waals surface area contributed by atoms with Crippen LogP contribution in [0.15, 0.2) is 35.6 Å². The molecule has 1 fully saturated rings. The number of hydrogen-bond donors (Lipinski definition) is 2. The van der Waals surface area contributed by atoms with E-state index in [4.69, 9.17) is 0 Å². The third-order valence-electron chi connectivity index (χ3n) is 4.41. The number of nitroso groups, excluding NO2 is 1. The summed E-state index contributed by atoms with van der Waals surface area (Å²) in [7, 11) is 0. The fourth-order valence-electron chi connectivity index (χ4n) is 2.26. The van der Waals surface area contributed by atoms with Gasteiger partial charge in [0, 0.05) is 29.1 Å². The normalized spacial score (nSPS) is 30.3. The van der Waals surface area contributed by atoms with E-state index < -0.39 is 17.1 Å². The summed E-state index contributed by atoms with van der Waals surface area (Å²) in [6.07, 6.45) is 5.65. The van der Waals surface area contributed by atoms with Gasteiger partial charge in [-0.15, -0.1) is 0 Å². The van der Waals surface area contributed by atoms with E-state index >= 15 is 0 Å². The minimum Gasteiger partial charge on any atom is -0.381 e. The van der Waals surface area contributed by atoms with Gasteiger partial charge in [0.2, 0.25) is 5.54 Å². The molecular weight excluding hydrogens is 230 g/mol. The Labute approximate surface area is 107 Å². The topological polar surface area (TPSA) is 60.5 Å². The number of aliphatic hydroxyl groups is 2. The standard InChI is InChI=1S/C14H19NO3/c1-13(2)12(17)11(15(18)14(13,3)4)9-5-7-10(16)8-6-9/h5-8,12,16-17H,1-4H3/q+1. The summed E-state index contributed by atoms with van der Waals surface area (Å²) in [6.45, 7) is 7.43. The average molecular weight is 249 g/mol. The zero-order valence-corrected chi connectivity index (χ0v) is 11.1. The van der Waals surface area contributed by atoms with Gasteiger partial charge in [-0.1, -0.05) is 0 Å². The third-order valence-corrected chi connectivity index (χ3v) is 4.41. The lowest BCUT2D eigenvalue weighted by atomic mass is 9.74. The average Bonchev–Trinajstić information content (AvgIpc) is 2.41. The highest BCUT2D eigenvalue weighted by molar-refractivity contribution is 5.44. The molecule has 0 aromatic carbocycles. The van der Waals surface area contributed by atoms with Crippen molar-refractivity contribution >= 4 is 0 Å². The van der Waals surface area contributed by atoms with Gasteiger partial charge in [-0.05, 0) is 38.2 Å². The summed E-state index contributed by atoms with van der Waals surface area (Å²) < 4.78 is 0.893. The van der Waals surface area contributed by atoms with Crippen molar-refractivity contribution in [2.75, 3.05) is 0 Å². The maximum Gasteiger partial charge on any atom is 0.269 e. The highest BCUT2D eigenvalue weighted by Crippen LogP contribution is 2.48. The fourth-order valence-corrected chi connectivity index (χ4v) is 2.26. The molecule has 1 heterocycles. The summed E-state index contributed by atoms with van der Waals surface area (Å²) in [4.78, 5) is 12.4. The van der Waals surface area contributed by atoms with Crippen LogP contribution in [0.3, 0.4) is 0 Å². The molecular formula is C14H19NO3+. The number of hydrogen-bond acceptors (Lipinski definition) is 3. The number of nitrogens with zero attached hydrogens (tertiary/aromatic N) is 1. The van der Waals surface area contributed by atoms with E-state index in [0.717, 1.165) is 4.76 Å². The highest BCUT2D eigenvalue weighted by atomic mass is 16.3. The summed E-state index contributed by atoms with van der Waals surface area (Å²) >= 11 is 0. The van der Waals surface area contributed by atoms with Crippen LogP contribution in [0, 0.1) is 16.4 Å². The Balaban J connectivity index is 2.55. The molecule has 0 aromatic heterocycles. The van der Waals surface area contributed by atoms with Crippen LogP contribution in [0.1, 0.15) is 27.7 Å². The van der Waals surface area contributed by atoms with E-state index in [-0.39, 0.29) is 6.10 Å². The predicted octanol–water partition coefficient (Wildman–Crippen LogP) is 2.23. The van der Waals surface area contributed by atoms with Gasteiger partial charge in [0.25, 0.3) is 5.70 Å². The van der Waals surface area contributed by atoms with E-state index in [1.54, 1.807) is 12.2 Å². The van der Waals surface area contributed by atoms with E-state index in [1.165, 1.54) is 12.2 Å². The Morgan fingerprint density at radius 1 is 1.11 bits per heavy atom. The first kappa shape index (κ1) is 13.2. The van der Waals surface area contributed by atoms with Crippen molar-refractivity contribution in [2.45, 2.75) is 39.3 Å². The molecule has 1 radical (unpaired) electrons. The van der Waals surface area contributed by atoms with E-state index in [9.17, 15) is 15.1 Å². The molecule has 2 aliphatic rings. The van der Waals surface area contributed by atoms with Gasteiger partial charge < -0.3 is 10.2 Å². The summed E-state index contributed by atoms with van der Waals surface area (Å²) in [6, 6.07) is 0. The number of aliphatic hydroxyl groups excluding tert-OH is 2. The van der Waals surface area contributed by atoms with Crippen molar-refractivity contribution in [1.82, 2.24) is 0 Å². The zero-order chi connectivity index (χ0) is 13.7. The summed E-state index contributed by atoms with van der Waals surface area (Å²) in [5.41, 5.74) is -0.208. The largest absolute Gasteiger partial charge is 0.381 e. The monoisotopic (exact) mass is 249 g/mol. The van der Waals surface area contributed by atoms with Crippen molar-refractivity contribution in [3.8, 4) is 0 Å². The van der Waals surface area contributed by atoms with Crippen LogP contribution in [0.4, 0.5) is 0 Å². The van der Waals surface area contributed by atoms with Crippen molar-refractivity contribution in [3.63, 3.8) is 0 Å². The van der Waals surface area contributed by atoms with Gasteiger partial charge in [-0.25, -0.2) is 0 Å². The molecule has 0 saturated carbocycles. The lowest BCUT2D eigenvalue weighted by molar-refractivity contribution is -0.570. The Morgan fingerprint density at radius 2 is 1.61 bits per heavy atom. The molecule has 1 unspecified atom stereocenters. The molecule has 4 heteroatoms. The first-order valence-corrected chi connectivity index (χ1v) is 6.01. The molecule has 2 N–H and O–H groups in total. The maximum absolute atomic E-state index is 12.4. The maximum atomic E-state index is 12.4. The molecule has 1 aliphatic heterocycles. The molecule has 1 aliphatic carbocycles. The van der Waals surface area contributed by atoms with Gasteiger partial charge in [-0.2, -0.15) is 0 Å². The Kier molecular flexibility index (Phi) is 2.83. The molecule has 2 rings (SSSR count). The quantitative estimate of drug-likeness (QED) is 0.647. The molecule has 4 nitrogen and oxygen atoms in total. The van der Waals surface area contributed by atoms with Gasteiger partial charge in [0.05, 0.1) is 5.41 Å². The van der Waals surface area contributed by atoms with Crippen molar-refractivity contribution in [1.29, 1.82) is 0 Å². The number of rotatable bonds is 0. The summed E-state index contributed by atoms with van der Waals surface area (Å²) in [5.74, 6) is 0. The van der Waals surface area contributed by atoms with Crippen molar-refractivity contribution < 1.29 is 15.0 Å². The summed E-state index contributed by atoms with van der Waals surface area (Å²) in [5, 5.41) is 19.7. The number of allylic oxidation sites excluding steroid dienone is 3. The molecule has 0 aromatic rings. The second-order valence-corrected chi connectivity index (χ2v) is 5.91. The Hall–Kier alpha value is -1.26. The van der Waals surface area contributed by atoms with E-state index in [2.05, 4.69) is 0 Å². The van der Waals surface area contributed by atoms with Gasteiger partial charge >= 0.3 is 0 Å². The Morgan fingerprint density at radius 3 is 2.00 bits per heavy atom. The van der Waals surface area contributed by atoms with Gasteiger partial charge in [0.15, 0.2) is 6.10 Å². The third kappa shape index (κ3) is 1.60. The minimum absolute atomic E-state index is 0.141. The molecule has 1 saturated heterocycles. The first-order chi connectivity index (χ1) is 8.19. The van der Waals surface area contributed by atoms with Gasteiger partial charge in [0.1, 0.15) is 6.10 Å². The lowest BCUT2D eigenvalue weighted by Crippen LogP contribution is -2.43. The van der Waals surface area contributed by atoms with Crippen LogP contribution >= 0.6 is 0 Å².